The van der Waals surface area contributed by atoms with Crippen LogP contribution in [-0.4, -0.2) is 9.55 Å². The van der Waals surface area contributed by atoms with Crippen molar-refractivity contribution in [1.82, 2.24) is 9.55 Å². The first kappa shape index (κ1) is 14.8. The lowest BCUT2D eigenvalue weighted by atomic mass is 9.90. The van der Waals surface area contributed by atoms with Crippen molar-refractivity contribution in [2.75, 3.05) is 0 Å². The van der Waals surface area contributed by atoms with Crippen LogP contribution in [0.3, 0.4) is 0 Å². The predicted octanol–water partition coefficient (Wildman–Crippen LogP) is 3.23. The van der Waals surface area contributed by atoms with Gasteiger partial charge in [-0.1, -0.05) is 20.8 Å². The second-order valence-electron chi connectivity index (χ2n) is 6.75. The number of pyridine rings is 1. The summed E-state index contributed by atoms with van der Waals surface area (Å²) < 4.78 is 4.53. The quantitative estimate of drug-likeness (QED) is 0.730. The van der Waals surface area contributed by atoms with Gasteiger partial charge in [0.1, 0.15) is 11.4 Å². The van der Waals surface area contributed by atoms with Crippen molar-refractivity contribution < 1.29 is 4.57 Å². The molecule has 2 aromatic heterocycles. The highest BCUT2D eigenvalue weighted by molar-refractivity contribution is 5.32. The van der Waals surface area contributed by atoms with Gasteiger partial charge >= 0.3 is 0 Å². The van der Waals surface area contributed by atoms with Gasteiger partial charge in [-0.15, -0.1) is 0 Å². The Kier molecular flexibility index (Phi) is 3.49. The summed E-state index contributed by atoms with van der Waals surface area (Å²) in [6, 6.07) is 4.51. The van der Waals surface area contributed by atoms with Crippen LogP contribution >= 0.6 is 0 Å². The van der Waals surface area contributed by atoms with Gasteiger partial charge in [-0.25, -0.2) is 9.55 Å². The van der Waals surface area contributed by atoms with Crippen molar-refractivity contribution in [1.29, 1.82) is 0 Å². The Morgan fingerprint density at radius 1 is 1.05 bits per heavy atom. The Balaban J connectivity index is 2.79. The maximum absolute atomic E-state index is 4.60. The van der Waals surface area contributed by atoms with E-state index < -0.39 is 0 Å². The van der Waals surface area contributed by atoms with E-state index in [0.29, 0.717) is 0 Å². The van der Waals surface area contributed by atoms with Crippen LogP contribution in [-0.2, 0) is 12.5 Å². The Morgan fingerprint density at radius 3 is 2.10 bits per heavy atom. The summed E-state index contributed by atoms with van der Waals surface area (Å²) >= 11 is 0. The fourth-order valence-electron chi connectivity index (χ4n) is 2.83. The molecule has 2 rings (SSSR count). The van der Waals surface area contributed by atoms with E-state index in [1.165, 1.54) is 22.8 Å². The van der Waals surface area contributed by atoms with Crippen molar-refractivity contribution in [3.8, 4) is 5.82 Å². The molecular weight excluding hydrogens is 246 g/mol. The zero-order valence-electron chi connectivity index (χ0n) is 14.0. The van der Waals surface area contributed by atoms with Crippen LogP contribution < -0.4 is 4.57 Å². The third-order valence-electron chi connectivity index (χ3n) is 3.94. The minimum absolute atomic E-state index is 0.118. The van der Waals surface area contributed by atoms with Crippen LogP contribution in [0.1, 0.15) is 49.2 Å². The van der Waals surface area contributed by atoms with Gasteiger partial charge in [-0.05, 0) is 32.4 Å². The fraction of sp³-hybridized carbons (Fsp3) is 0.529. The summed E-state index contributed by atoms with van der Waals surface area (Å²) in [6.07, 6.45) is 0. The topological polar surface area (TPSA) is 21.7 Å². The number of hydrogen-bond donors (Lipinski definition) is 0. The van der Waals surface area contributed by atoms with Gasteiger partial charge in [0.2, 0.25) is 0 Å². The van der Waals surface area contributed by atoms with Crippen LogP contribution in [0, 0.1) is 27.7 Å². The van der Waals surface area contributed by atoms with Gasteiger partial charge in [-0.3, -0.25) is 0 Å². The third kappa shape index (κ3) is 2.37. The lowest BCUT2D eigenvalue weighted by molar-refractivity contribution is -0.676. The van der Waals surface area contributed by atoms with E-state index in [1.54, 1.807) is 0 Å². The summed E-state index contributed by atoms with van der Waals surface area (Å²) in [5, 5.41) is 0. The van der Waals surface area contributed by atoms with Gasteiger partial charge in [-0.2, -0.15) is 4.57 Å². The molecule has 20 heavy (non-hydrogen) atoms. The monoisotopic (exact) mass is 272 g/mol. The van der Waals surface area contributed by atoms with E-state index in [9.17, 15) is 0 Å². The summed E-state index contributed by atoms with van der Waals surface area (Å²) in [7, 11) is 2.14. The molecule has 2 heterocycles. The molecule has 0 atom stereocenters. The minimum Gasteiger partial charge on any atom is -0.233 e. The lowest BCUT2D eigenvalue weighted by Crippen LogP contribution is -2.43. The molecule has 0 saturated carbocycles. The molecule has 0 aliphatic carbocycles. The molecule has 0 spiro atoms. The molecule has 0 amide bonds. The zero-order valence-corrected chi connectivity index (χ0v) is 14.0. The maximum atomic E-state index is 4.60. The summed E-state index contributed by atoms with van der Waals surface area (Å²) in [6.45, 7) is 15.2. The maximum Gasteiger partial charge on any atom is 0.287 e. The average molecular weight is 272 g/mol. The van der Waals surface area contributed by atoms with E-state index in [1.807, 2.05) is 0 Å². The summed E-state index contributed by atoms with van der Waals surface area (Å²) in [5.41, 5.74) is 5.04. The van der Waals surface area contributed by atoms with Gasteiger partial charge in [0, 0.05) is 18.4 Å². The second-order valence-corrected chi connectivity index (χ2v) is 6.75. The molecule has 0 aliphatic rings. The first-order valence-corrected chi connectivity index (χ1v) is 7.17. The number of hydrogen-bond acceptors (Lipinski definition) is 1. The number of imidazole rings is 1. The van der Waals surface area contributed by atoms with Crippen LogP contribution in [0.2, 0.25) is 0 Å². The van der Waals surface area contributed by atoms with Crippen molar-refractivity contribution >= 4 is 0 Å². The molecule has 0 bridgehead atoms. The van der Waals surface area contributed by atoms with Crippen LogP contribution in [0.25, 0.3) is 5.82 Å². The van der Waals surface area contributed by atoms with E-state index in [0.717, 1.165) is 11.5 Å². The average Bonchev–Trinajstić information content (AvgIpc) is 2.55. The molecule has 0 aromatic carbocycles. The molecule has 3 nitrogen and oxygen atoms in total. The number of nitrogens with zero attached hydrogens (tertiary/aromatic N) is 3. The van der Waals surface area contributed by atoms with Crippen molar-refractivity contribution in [3.63, 3.8) is 0 Å². The molecule has 3 heteroatoms. The molecule has 0 saturated heterocycles. The Morgan fingerprint density at radius 2 is 1.65 bits per heavy atom. The Hall–Kier alpha value is -1.64. The van der Waals surface area contributed by atoms with E-state index >= 15 is 0 Å². The smallest absolute Gasteiger partial charge is 0.233 e. The van der Waals surface area contributed by atoms with Crippen LogP contribution in [0.15, 0.2) is 12.1 Å². The normalized spacial score (nSPS) is 12.0. The van der Waals surface area contributed by atoms with E-state index in [-0.39, 0.29) is 5.41 Å². The molecular formula is C17H26N3+. The fourth-order valence-corrected chi connectivity index (χ4v) is 2.83. The molecule has 0 unspecified atom stereocenters. The molecule has 2 aromatic rings. The molecule has 108 valence electrons. The van der Waals surface area contributed by atoms with Crippen molar-refractivity contribution in [2.45, 2.75) is 53.9 Å². The molecule has 0 N–H and O–H groups in total. The Bertz CT molecular complexity index is 658. The summed E-state index contributed by atoms with van der Waals surface area (Å²) in [4.78, 5) is 4.60. The highest BCUT2D eigenvalue weighted by Gasteiger charge is 2.26. The van der Waals surface area contributed by atoms with Gasteiger partial charge < -0.3 is 0 Å². The number of rotatable bonds is 1. The molecule has 0 aliphatic heterocycles. The first-order valence-electron chi connectivity index (χ1n) is 7.17. The third-order valence-corrected chi connectivity index (χ3v) is 3.94. The SMILES string of the molecule is Cc1cc(-n2c(C)nc(C)c2C)[n+](C)c(C(C)(C)C)c1. The highest BCUT2D eigenvalue weighted by Crippen LogP contribution is 2.22. The minimum atomic E-state index is 0.118. The molecule has 0 fully saturated rings. The van der Waals surface area contributed by atoms with Gasteiger partial charge in [0.05, 0.1) is 12.7 Å². The highest BCUT2D eigenvalue weighted by atomic mass is 15.2. The van der Waals surface area contributed by atoms with Crippen LogP contribution in [0.4, 0.5) is 0 Å². The number of aromatic nitrogens is 3. The second kappa shape index (κ2) is 4.72. The zero-order chi connectivity index (χ0) is 15.2. The van der Waals surface area contributed by atoms with E-state index in [4.69, 9.17) is 0 Å². The van der Waals surface area contributed by atoms with Crippen molar-refractivity contribution in [3.05, 3.63) is 40.6 Å². The van der Waals surface area contributed by atoms with Gasteiger partial charge in [0.15, 0.2) is 5.82 Å². The predicted molar refractivity (Wildman–Crippen MR) is 82.4 cm³/mol. The van der Waals surface area contributed by atoms with Crippen molar-refractivity contribution in [2.24, 2.45) is 7.05 Å². The largest absolute Gasteiger partial charge is 0.287 e. The van der Waals surface area contributed by atoms with Gasteiger partial charge in [0.25, 0.3) is 5.82 Å². The molecule has 0 radical (unpaired) electrons. The van der Waals surface area contributed by atoms with E-state index in [2.05, 4.69) is 81.8 Å². The van der Waals surface area contributed by atoms with Crippen LogP contribution in [0.5, 0.6) is 0 Å². The first-order chi connectivity index (χ1) is 9.12. The summed E-state index contributed by atoms with van der Waals surface area (Å²) in [5.74, 6) is 2.23. The standard InChI is InChI=1S/C17H26N3/c1-11-9-15(17(5,6)7)19(8)16(10-11)20-13(3)12(2)18-14(20)4/h9-10H,1-8H3/q+1. The Labute approximate surface area is 122 Å². The lowest BCUT2D eigenvalue weighted by Gasteiger charge is -2.21. The number of aryl methyl sites for hydroxylation is 3.